The molecule has 50 heavy (non-hydrogen) atoms. The minimum Gasteiger partial charge on any atom is -0.497 e. The van der Waals surface area contributed by atoms with Crippen LogP contribution in [-0.2, 0) is 16.0 Å². The van der Waals surface area contributed by atoms with Crippen LogP contribution in [0.4, 0.5) is 15.0 Å². The average Bonchev–Trinajstić information content (AvgIpc) is 3.72. The molecule has 2 aliphatic heterocycles. The zero-order valence-corrected chi connectivity index (χ0v) is 29.3. The highest BCUT2D eigenvalue weighted by Crippen LogP contribution is 2.69. The van der Waals surface area contributed by atoms with E-state index >= 15 is 0 Å². The van der Waals surface area contributed by atoms with Gasteiger partial charge < -0.3 is 24.0 Å². The number of ether oxygens (including phenoxy) is 3. The average molecular weight is 688 g/mol. The van der Waals surface area contributed by atoms with E-state index in [0.717, 1.165) is 73.2 Å². The summed E-state index contributed by atoms with van der Waals surface area (Å²) in [5, 5.41) is 23.7. The first kappa shape index (κ1) is 32.9. The molecule has 5 fully saturated rings. The lowest BCUT2D eigenvalue weighted by Gasteiger charge is -2.67. The van der Waals surface area contributed by atoms with Crippen LogP contribution in [0.1, 0.15) is 84.1 Å². The van der Waals surface area contributed by atoms with Crippen LogP contribution in [0.25, 0.3) is 22.2 Å². The van der Waals surface area contributed by atoms with E-state index in [1.165, 1.54) is 0 Å². The topological polar surface area (TPSA) is 126 Å². The van der Waals surface area contributed by atoms with E-state index in [1.54, 1.807) is 11.8 Å². The Morgan fingerprint density at radius 3 is 2.64 bits per heavy atom. The smallest absolute Gasteiger partial charge is 0.410 e. The summed E-state index contributed by atoms with van der Waals surface area (Å²) in [6, 6.07) is 7.83. The van der Waals surface area contributed by atoms with E-state index in [2.05, 4.69) is 30.5 Å². The van der Waals surface area contributed by atoms with Gasteiger partial charge in [-0.2, -0.15) is 10.2 Å². The number of rotatable bonds is 9. The molecule has 3 aromatic heterocycles. The molecule has 1 amide bonds. The molecule has 1 aromatic carbocycles. The second kappa shape index (κ2) is 12.5. The highest BCUT2D eigenvalue weighted by Gasteiger charge is 2.69. The van der Waals surface area contributed by atoms with Crippen LogP contribution in [0, 0.1) is 5.41 Å². The maximum Gasteiger partial charge on any atom is 0.410 e. The number of fused-ring (bicyclic) bond motifs is 1. The van der Waals surface area contributed by atoms with Gasteiger partial charge in [0.15, 0.2) is 12.0 Å². The van der Waals surface area contributed by atoms with Crippen molar-refractivity contribution in [3.05, 3.63) is 42.4 Å². The molecule has 2 saturated heterocycles. The fourth-order valence-electron chi connectivity index (χ4n) is 8.34. The van der Waals surface area contributed by atoms with Gasteiger partial charge in [-0.3, -0.25) is 0 Å². The Bertz CT molecular complexity index is 1840. The largest absolute Gasteiger partial charge is 0.497 e. The number of aromatic nitrogens is 7. The van der Waals surface area contributed by atoms with Gasteiger partial charge in [-0.05, 0) is 95.8 Å². The van der Waals surface area contributed by atoms with E-state index in [-0.39, 0.29) is 23.8 Å². The van der Waals surface area contributed by atoms with Crippen molar-refractivity contribution in [2.24, 2.45) is 5.41 Å². The van der Waals surface area contributed by atoms with E-state index < -0.39 is 11.3 Å². The first-order valence-corrected chi connectivity index (χ1v) is 17.8. The third kappa shape index (κ3) is 6.38. The Morgan fingerprint density at radius 1 is 1.10 bits per heavy atom. The molecule has 1 unspecified atom stereocenters. The molecule has 2 bridgehead atoms. The number of alkyl halides is 1. The minimum atomic E-state index is -1.01. The van der Waals surface area contributed by atoms with Gasteiger partial charge in [-0.15, -0.1) is 10.2 Å². The molecule has 0 spiro atoms. The summed E-state index contributed by atoms with van der Waals surface area (Å²) in [5.41, 5.74) is 1.54. The lowest BCUT2D eigenvalue weighted by Crippen LogP contribution is -2.69. The highest BCUT2D eigenvalue weighted by atomic mass is 19.1. The van der Waals surface area contributed by atoms with Gasteiger partial charge >= 0.3 is 6.09 Å². The monoisotopic (exact) mass is 687 g/mol. The van der Waals surface area contributed by atoms with Crippen LogP contribution in [-0.4, -0.2) is 96.6 Å². The molecule has 3 aliphatic carbocycles. The third-order valence-corrected chi connectivity index (χ3v) is 10.6. The first-order chi connectivity index (χ1) is 24.0. The van der Waals surface area contributed by atoms with Crippen LogP contribution in [0.15, 0.2) is 36.7 Å². The Labute approximate surface area is 291 Å². The quantitative estimate of drug-likeness (QED) is 0.209. The SMILES string of the molecule is COc1cc(-c2cn(Cc3ccc(N4CCC[C@@H](N(CC56CC(F)(C5)C6)C(=O)OC(C)(C)C)C4)nn3)nn2)c2cnn(C3CCCCO3)c2c1. The number of methoxy groups -OCH3 is 1. The van der Waals surface area contributed by atoms with Gasteiger partial charge in [-0.25, -0.2) is 18.5 Å². The molecule has 266 valence electrons. The first-order valence-electron chi connectivity index (χ1n) is 17.8. The van der Waals surface area contributed by atoms with Crippen LogP contribution >= 0.6 is 0 Å². The number of amides is 1. The third-order valence-electron chi connectivity index (χ3n) is 10.6. The highest BCUT2D eigenvalue weighted by molar-refractivity contribution is 5.95. The van der Waals surface area contributed by atoms with Gasteiger partial charge in [0.1, 0.15) is 22.7 Å². The van der Waals surface area contributed by atoms with Crippen LogP contribution in [0.2, 0.25) is 0 Å². The zero-order valence-electron chi connectivity index (χ0n) is 29.3. The van der Waals surface area contributed by atoms with Crippen LogP contribution in [0.5, 0.6) is 5.75 Å². The summed E-state index contributed by atoms with van der Waals surface area (Å²) < 4.78 is 35.6. The number of anilines is 1. The van der Waals surface area contributed by atoms with E-state index in [1.807, 2.05) is 67.0 Å². The molecule has 9 rings (SSSR count). The van der Waals surface area contributed by atoms with Gasteiger partial charge in [0.05, 0.1) is 43.3 Å². The molecule has 5 aliphatic rings. The number of carbonyl (C=O) groups excluding carboxylic acids is 1. The number of piperidine rings is 1. The maximum absolute atomic E-state index is 14.4. The summed E-state index contributed by atoms with van der Waals surface area (Å²) >= 11 is 0. The summed E-state index contributed by atoms with van der Waals surface area (Å²) in [7, 11) is 1.65. The predicted octanol–water partition coefficient (Wildman–Crippen LogP) is 5.94. The Morgan fingerprint density at radius 2 is 1.94 bits per heavy atom. The lowest BCUT2D eigenvalue weighted by molar-refractivity contribution is -0.221. The predicted molar refractivity (Wildman–Crippen MR) is 184 cm³/mol. The van der Waals surface area contributed by atoms with Crippen molar-refractivity contribution in [2.75, 3.05) is 38.3 Å². The van der Waals surface area contributed by atoms with Gasteiger partial charge in [0, 0.05) is 43.3 Å². The van der Waals surface area contributed by atoms with Crippen molar-refractivity contribution in [1.82, 2.24) is 39.9 Å². The van der Waals surface area contributed by atoms with E-state index in [9.17, 15) is 9.18 Å². The molecule has 4 aromatic rings. The molecular formula is C36H46FN9O4. The molecule has 5 heterocycles. The maximum atomic E-state index is 14.4. The summed E-state index contributed by atoms with van der Waals surface area (Å²) in [6.07, 6.45) is 9.83. The van der Waals surface area contributed by atoms with E-state index in [4.69, 9.17) is 14.2 Å². The minimum absolute atomic E-state index is 0.0522. The fourth-order valence-corrected chi connectivity index (χ4v) is 8.34. The molecule has 2 atom stereocenters. The number of nitrogens with zero attached hydrogens (tertiary/aromatic N) is 9. The molecule has 3 saturated carbocycles. The number of halogens is 1. The summed E-state index contributed by atoms with van der Waals surface area (Å²) in [5.74, 6) is 1.47. The second-order valence-corrected chi connectivity index (χ2v) is 15.7. The number of hydrogen-bond donors (Lipinski definition) is 0. The molecular weight excluding hydrogens is 641 g/mol. The van der Waals surface area contributed by atoms with Gasteiger partial charge in [0.2, 0.25) is 0 Å². The van der Waals surface area contributed by atoms with Crippen LogP contribution < -0.4 is 9.64 Å². The molecule has 14 heteroatoms. The van der Waals surface area contributed by atoms with Crippen molar-refractivity contribution in [3.8, 4) is 17.0 Å². The summed E-state index contributed by atoms with van der Waals surface area (Å²) in [6.45, 7) is 8.74. The zero-order chi connectivity index (χ0) is 34.7. The van der Waals surface area contributed by atoms with Crippen LogP contribution in [0.3, 0.4) is 0 Å². The van der Waals surface area contributed by atoms with Crippen molar-refractivity contribution >= 4 is 22.8 Å². The van der Waals surface area contributed by atoms with Crippen molar-refractivity contribution in [3.63, 3.8) is 0 Å². The number of hydrogen-bond acceptors (Lipinski definition) is 10. The van der Waals surface area contributed by atoms with Gasteiger partial charge in [-0.1, -0.05) is 5.21 Å². The van der Waals surface area contributed by atoms with Gasteiger partial charge in [0.25, 0.3) is 0 Å². The molecule has 13 nitrogen and oxygen atoms in total. The Kier molecular flexibility index (Phi) is 8.19. The lowest BCUT2D eigenvalue weighted by atomic mass is 9.42. The normalized spacial score (nSPS) is 26.3. The Balaban J connectivity index is 0.955. The summed E-state index contributed by atoms with van der Waals surface area (Å²) in [4.78, 5) is 17.5. The van der Waals surface area contributed by atoms with Crippen molar-refractivity contribution in [2.45, 2.75) is 102 Å². The standard InChI is InChI=1S/C36H46FN9O4/c1-34(2,3)50-33(47)45(23-35-20-36(37,21-35)22-35)25-8-7-12-43(18-25)31-11-10-24(39-41-31)17-44-19-29(40-42-44)27-14-26(48-4)15-30-28(27)16-38-46(30)32-9-5-6-13-49-32/h10-11,14-16,19,25,32H,5-9,12-13,17-18,20-23H2,1-4H3/t25-,32?,35?,36?/m1/s1. The number of benzene rings is 1. The van der Waals surface area contributed by atoms with Crippen molar-refractivity contribution < 1.29 is 23.4 Å². The van der Waals surface area contributed by atoms with Crippen molar-refractivity contribution in [1.29, 1.82) is 0 Å². The fraction of sp³-hybridized carbons (Fsp3) is 0.611. The Hall–Kier alpha value is -4.33. The molecule has 0 radical (unpaired) electrons. The second-order valence-electron chi connectivity index (χ2n) is 15.7. The molecule has 0 N–H and O–H groups in total. The number of carbonyl (C=O) groups is 1. The van der Waals surface area contributed by atoms with E-state index in [0.29, 0.717) is 50.3 Å².